The highest BCUT2D eigenvalue weighted by Gasteiger charge is 2.30. The molecule has 31 heavy (non-hydrogen) atoms. The van der Waals surface area contributed by atoms with Gasteiger partial charge in [-0.15, -0.1) is 0 Å². The first-order chi connectivity index (χ1) is 14.4. The molecule has 14 heteroatoms. The third-order valence-electron chi connectivity index (χ3n) is 4.16. The van der Waals surface area contributed by atoms with Crippen LogP contribution in [0.5, 0.6) is 0 Å². The molecule has 0 aromatic carbocycles. The third kappa shape index (κ3) is 10.6. The molecule has 4 atom stereocenters. The highest BCUT2D eigenvalue weighted by molar-refractivity contribution is 5.94. The molecule has 0 aromatic rings. The Morgan fingerprint density at radius 1 is 0.903 bits per heavy atom. The van der Waals surface area contributed by atoms with Gasteiger partial charge in [-0.3, -0.25) is 19.4 Å². The molecule has 0 heterocycles. The largest absolute Gasteiger partial charge is 0.480 e. The van der Waals surface area contributed by atoms with E-state index in [1.165, 1.54) is 0 Å². The van der Waals surface area contributed by atoms with Gasteiger partial charge in [0.05, 0.1) is 13.2 Å². The van der Waals surface area contributed by atoms with E-state index in [1.54, 1.807) is 13.8 Å². The van der Waals surface area contributed by atoms with Crippen LogP contribution in [0.3, 0.4) is 0 Å². The number of carboxylic acids is 1. The Hall–Kier alpha value is -2.97. The van der Waals surface area contributed by atoms with E-state index in [2.05, 4.69) is 20.9 Å². The number of hydrogen-bond acceptors (Lipinski definition) is 8. The Morgan fingerprint density at radius 3 is 1.90 bits per heavy atom. The van der Waals surface area contributed by atoms with Gasteiger partial charge < -0.3 is 48.5 Å². The number of nitrogens with one attached hydrogen (secondary N) is 3. The number of amides is 3. The van der Waals surface area contributed by atoms with E-state index in [4.69, 9.17) is 22.3 Å². The minimum atomic E-state index is -1.46. The number of aliphatic hydroxyl groups excluding tert-OH is 2. The van der Waals surface area contributed by atoms with Crippen molar-refractivity contribution >= 4 is 29.7 Å². The second-order valence-electron chi connectivity index (χ2n) is 7.11. The summed E-state index contributed by atoms with van der Waals surface area (Å²) in [7, 11) is 0. The lowest BCUT2D eigenvalue weighted by Crippen LogP contribution is -2.58. The predicted molar refractivity (Wildman–Crippen MR) is 110 cm³/mol. The molecule has 0 aliphatic rings. The van der Waals surface area contributed by atoms with Crippen molar-refractivity contribution in [3.8, 4) is 0 Å². The Morgan fingerprint density at radius 2 is 1.45 bits per heavy atom. The number of carboxylic acid groups (broad SMARTS) is 1. The van der Waals surface area contributed by atoms with Crippen molar-refractivity contribution in [3.05, 3.63) is 0 Å². The fraction of sp³-hybridized carbons (Fsp3) is 0.706. The number of nitrogens with two attached hydrogens (primary N) is 3. The summed E-state index contributed by atoms with van der Waals surface area (Å²) in [6.45, 7) is 1.86. The van der Waals surface area contributed by atoms with E-state index >= 15 is 0 Å². The summed E-state index contributed by atoms with van der Waals surface area (Å²) >= 11 is 0. The first kappa shape index (κ1) is 28.0. The van der Waals surface area contributed by atoms with Crippen molar-refractivity contribution in [1.29, 1.82) is 0 Å². The summed E-state index contributed by atoms with van der Waals surface area (Å²) in [5.41, 5.74) is 15.9. The maximum atomic E-state index is 12.6. The topological polar surface area (TPSA) is 255 Å². The number of carbonyl (C=O) groups excluding carboxylic acids is 3. The SMILES string of the molecule is CC(C)C(NC(=O)C(CO)NC(=O)C(CCCN=C(N)N)NC(=O)C(N)CO)C(=O)O. The molecule has 0 aliphatic carbocycles. The molecule has 0 fully saturated rings. The monoisotopic (exact) mass is 447 g/mol. The lowest BCUT2D eigenvalue weighted by molar-refractivity contribution is -0.143. The van der Waals surface area contributed by atoms with E-state index in [-0.39, 0.29) is 25.3 Å². The quantitative estimate of drug-likeness (QED) is 0.0700. The van der Waals surface area contributed by atoms with Crippen LogP contribution in [-0.2, 0) is 19.2 Å². The van der Waals surface area contributed by atoms with Crippen LogP contribution in [0.25, 0.3) is 0 Å². The number of carbonyl (C=O) groups is 4. The average Bonchev–Trinajstić information content (AvgIpc) is 2.70. The summed E-state index contributed by atoms with van der Waals surface area (Å²) < 4.78 is 0. The summed E-state index contributed by atoms with van der Waals surface area (Å²) in [4.78, 5) is 51.9. The third-order valence-corrected chi connectivity index (χ3v) is 4.16. The van der Waals surface area contributed by atoms with Crippen LogP contribution in [0.2, 0.25) is 0 Å². The zero-order valence-electron chi connectivity index (χ0n) is 17.6. The van der Waals surface area contributed by atoms with Gasteiger partial charge in [0.25, 0.3) is 0 Å². The fourth-order valence-corrected chi connectivity index (χ4v) is 2.37. The van der Waals surface area contributed by atoms with Crippen molar-refractivity contribution in [2.45, 2.75) is 50.9 Å². The van der Waals surface area contributed by atoms with E-state index in [0.29, 0.717) is 0 Å². The van der Waals surface area contributed by atoms with Crippen molar-refractivity contribution in [1.82, 2.24) is 16.0 Å². The van der Waals surface area contributed by atoms with Crippen LogP contribution in [-0.4, -0.2) is 88.9 Å². The summed E-state index contributed by atoms with van der Waals surface area (Å²) in [5, 5.41) is 34.5. The second-order valence-corrected chi connectivity index (χ2v) is 7.11. The smallest absolute Gasteiger partial charge is 0.326 e. The number of nitrogens with zero attached hydrogens (tertiary/aromatic N) is 1. The fourth-order valence-electron chi connectivity index (χ4n) is 2.37. The van der Waals surface area contributed by atoms with Gasteiger partial charge in [-0.1, -0.05) is 13.8 Å². The van der Waals surface area contributed by atoms with Gasteiger partial charge in [-0.25, -0.2) is 4.79 Å². The molecule has 0 aromatic heterocycles. The zero-order valence-corrected chi connectivity index (χ0v) is 17.6. The van der Waals surface area contributed by atoms with E-state index < -0.39 is 67.0 Å². The number of aliphatic imine (C=N–C) groups is 1. The number of aliphatic carboxylic acids is 1. The summed E-state index contributed by atoms with van der Waals surface area (Å²) in [6, 6.07) is -5.14. The first-order valence-electron chi connectivity index (χ1n) is 9.61. The molecular weight excluding hydrogens is 414 g/mol. The van der Waals surface area contributed by atoms with Crippen LogP contribution in [0, 0.1) is 5.92 Å². The predicted octanol–water partition coefficient (Wildman–Crippen LogP) is -4.45. The van der Waals surface area contributed by atoms with E-state index in [1.807, 2.05) is 0 Å². The number of rotatable bonds is 14. The number of aliphatic hydroxyl groups is 2. The van der Waals surface area contributed by atoms with Gasteiger partial charge in [0.1, 0.15) is 24.2 Å². The molecule has 0 bridgehead atoms. The Labute approximate surface area is 179 Å². The maximum absolute atomic E-state index is 12.6. The van der Waals surface area contributed by atoms with Gasteiger partial charge in [-0.2, -0.15) is 0 Å². The number of guanidine groups is 1. The van der Waals surface area contributed by atoms with Gasteiger partial charge in [0.2, 0.25) is 17.7 Å². The lowest BCUT2D eigenvalue weighted by Gasteiger charge is -2.25. The molecule has 0 saturated carbocycles. The van der Waals surface area contributed by atoms with Gasteiger partial charge in [-0.05, 0) is 18.8 Å². The molecule has 3 amide bonds. The molecular formula is C17H33N7O7. The standard InChI is InChI=1S/C17H33N7O7/c1-8(2)12(16(30)31)24-15(29)11(7-26)23-14(28)10(4-3-5-21-17(19)20)22-13(27)9(18)6-25/h8-12,25-26H,3-7,18H2,1-2H3,(H,22,27)(H,23,28)(H,24,29)(H,30,31)(H4,19,20,21). The normalized spacial score (nSPS) is 14.6. The summed E-state index contributed by atoms with van der Waals surface area (Å²) in [5.74, 6) is -4.40. The maximum Gasteiger partial charge on any atom is 0.326 e. The van der Waals surface area contributed by atoms with Crippen molar-refractivity contribution in [2.24, 2.45) is 28.1 Å². The Kier molecular flexibility index (Phi) is 12.8. The Bertz CT molecular complexity index is 653. The zero-order chi connectivity index (χ0) is 24.1. The Balaban J connectivity index is 5.26. The number of hydrogen-bond donors (Lipinski definition) is 9. The second kappa shape index (κ2) is 14.1. The molecule has 0 radical (unpaired) electrons. The molecule has 4 unspecified atom stereocenters. The highest BCUT2D eigenvalue weighted by Crippen LogP contribution is 2.04. The van der Waals surface area contributed by atoms with E-state index in [9.17, 15) is 29.4 Å². The van der Waals surface area contributed by atoms with Crippen LogP contribution in [0.4, 0.5) is 0 Å². The van der Waals surface area contributed by atoms with Crippen molar-refractivity contribution in [2.75, 3.05) is 19.8 Å². The van der Waals surface area contributed by atoms with Crippen LogP contribution in [0.15, 0.2) is 4.99 Å². The van der Waals surface area contributed by atoms with Crippen molar-refractivity contribution in [3.63, 3.8) is 0 Å². The molecule has 0 aliphatic heterocycles. The average molecular weight is 447 g/mol. The molecule has 14 nitrogen and oxygen atoms in total. The van der Waals surface area contributed by atoms with Crippen LogP contribution in [0.1, 0.15) is 26.7 Å². The molecule has 0 rings (SSSR count). The molecule has 0 spiro atoms. The first-order valence-corrected chi connectivity index (χ1v) is 9.61. The van der Waals surface area contributed by atoms with Gasteiger partial charge in [0, 0.05) is 6.54 Å². The molecule has 0 saturated heterocycles. The van der Waals surface area contributed by atoms with Gasteiger partial charge in [0.15, 0.2) is 5.96 Å². The molecule has 178 valence electrons. The van der Waals surface area contributed by atoms with E-state index in [0.717, 1.165) is 0 Å². The van der Waals surface area contributed by atoms with Crippen LogP contribution >= 0.6 is 0 Å². The minimum Gasteiger partial charge on any atom is -0.480 e. The van der Waals surface area contributed by atoms with Gasteiger partial charge >= 0.3 is 5.97 Å². The van der Waals surface area contributed by atoms with Crippen molar-refractivity contribution < 1.29 is 34.5 Å². The highest BCUT2D eigenvalue weighted by atomic mass is 16.4. The van der Waals surface area contributed by atoms with Crippen LogP contribution < -0.4 is 33.2 Å². The lowest BCUT2D eigenvalue weighted by atomic mass is 10.0. The summed E-state index contributed by atoms with van der Waals surface area (Å²) in [6.07, 6.45) is 0.324. The molecule has 12 N–H and O–H groups in total. The minimum absolute atomic E-state index is 0.0516.